The summed E-state index contributed by atoms with van der Waals surface area (Å²) in [6.07, 6.45) is 1.74. The summed E-state index contributed by atoms with van der Waals surface area (Å²) in [6.45, 7) is 0.925. The van der Waals surface area contributed by atoms with E-state index < -0.39 is 0 Å². The average molecular weight is 271 g/mol. The van der Waals surface area contributed by atoms with Crippen molar-refractivity contribution in [1.29, 1.82) is 0 Å². The zero-order valence-electron chi connectivity index (χ0n) is 9.12. The van der Waals surface area contributed by atoms with Gasteiger partial charge in [0.15, 0.2) is 0 Å². The van der Waals surface area contributed by atoms with Gasteiger partial charge in [0.2, 0.25) is 0 Å². The fraction of sp³-hybridized carbons (Fsp3) is 0.857. The quantitative estimate of drug-likeness (QED) is 0.384. The first-order valence-corrected chi connectivity index (χ1v) is 8.02. The van der Waals surface area contributed by atoms with Gasteiger partial charge in [-0.25, -0.2) is 5.06 Å². The summed E-state index contributed by atoms with van der Waals surface area (Å²) in [5.41, 5.74) is 0. The first-order valence-electron chi connectivity index (χ1n) is 4.63. The molecule has 8 heteroatoms. The highest BCUT2D eigenvalue weighted by molar-refractivity contribution is 8.01. The fourth-order valence-electron chi connectivity index (χ4n) is 1.05. The Hall–Kier alpha value is 0.640. The Balaban J connectivity index is 3.85. The normalized spacial score (nSPS) is 13.3. The molecule has 1 amide bonds. The van der Waals surface area contributed by atoms with Crippen LogP contribution in [-0.2, 0) is 9.63 Å². The molecular weight excluding hydrogens is 251 g/mol. The Morgan fingerprint density at radius 3 is 2.80 bits per heavy atom. The molecule has 5 nitrogen and oxygen atoms in total. The maximum absolute atomic E-state index is 11.7. The van der Waals surface area contributed by atoms with Crippen molar-refractivity contribution in [3.05, 3.63) is 0 Å². The van der Waals surface area contributed by atoms with Crippen LogP contribution < -0.4 is 10.2 Å². The molecule has 0 aliphatic carbocycles. The molecule has 0 aromatic rings. The van der Waals surface area contributed by atoms with Crippen LogP contribution in [0.1, 0.15) is 12.8 Å². The van der Waals surface area contributed by atoms with Gasteiger partial charge in [0.1, 0.15) is 0 Å². The molecule has 2 N–H and O–H groups in total. The number of carbonyl (C=O) groups is 1. The standard InChI is InChI=1S/C7H20N3O2P3/c1-10(12-2)7(11)6(9-13)4-3-5-8-15-14/h6,8-9,15H,3-5,13-14H2,1-2H3. The van der Waals surface area contributed by atoms with Crippen molar-refractivity contribution in [3.8, 4) is 0 Å². The zero-order valence-corrected chi connectivity index (χ0v) is 12.4. The lowest BCUT2D eigenvalue weighted by atomic mass is 10.1. The van der Waals surface area contributed by atoms with E-state index in [-0.39, 0.29) is 11.9 Å². The molecule has 0 aromatic carbocycles. The second-order valence-corrected chi connectivity index (χ2v) is 4.79. The molecule has 0 spiro atoms. The molecule has 0 saturated carbocycles. The monoisotopic (exact) mass is 271 g/mol. The third-order valence-corrected chi connectivity index (χ3v) is 3.45. The topological polar surface area (TPSA) is 53.6 Å². The molecule has 15 heavy (non-hydrogen) atoms. The van der Waals surface area contributed by atoms with E-state index in [1.165, 1.54) is 12.2 Å². The van der Waals surface area contributed by atoms with E-state index in [2.05, 4.69) is 28.5 Å². The molecule has 90 valence electrons. The number of nitrogens with one attached hydrogen (secondary N) is 2. The number of nitrogens with zero attached hydrogens (tertiary/aromatic N) is 1. The summed E-state index contributed by atoms with van der Waals surface area (Å²) in [4.78, 5) is 16.5. The first kappa shape index (κ1) is 15.6. The van der Waals surface area contributed by atoms with Crippen LogP contribution in [-0.4, -0.2) is 37.7 Å². The van der Waals surface area contributed by atoms with Gasteiger partial charge in [-0.1, -0.05) is 18.3 Å². The first-order chi connectivity index (χ1) is 7.17. The summed E-state index contributed by atoms with van der Waals surface area (Å²) in [5, 5.41) is 7.36. The third-order valence-electron chi connectivity index (χ3n) is 1.98. The summed E-state index contributed by atoms with van der Waals surface area (Å²) in [6, 6.07) is -0.199. The molecule has 0 radical (unpaired) electrons. The van der Waals surface area contributed by atoms with Crippen LogP contribution in [0.15, 0.2) is 0 Å². The Kier molecular flexibility index (Phi) is 10.3. The molecule has 0 rings (SSSR count). The van der Waals surface area contributed by atoms with Crippen molar-refractivity contribution in [2.45, 2.75) is 18.9 Å². The number of amides is 1. The van der Waals surface area contributed by atoms with E-state index in [9.17, 15) is 4.79 Å². The summed E-state index contributed by atoms with van der Waals surface area (Å²) >= 11 is 0. The van der Waals surface area contributed by atoms with Crippen LogP contribution in [0.25, 0.3) is 0 Å². The Morgan fingerprint density at radius 2 is 2.33 bits per heavy atom. The fourth-order valence-corrected chi connectivity index (χ4v) is 2.12. The molecule has 0 fully saturated rings. The number of carbonyl (C=O) groups excluding carboxylic acids is 1. The minimum absolute atomic E-state index is 0.0548. The number of hydroxylamine groups is 2. The van der Waals surface area contributed by atoms with Crippen molar-refractivity contribution in [2.24, 2.45) is 0 Å². The van der Waals surface area contributed by atoms with Crippen LogP contribution in [0.5, 0.6) is 0 Å². The van der Waals surface area contributed by atoms with E-state index in [1.54, 1.807) is 7.05 Å². The van der Waals surface area contributed by atoms with Crippen molar-refractivity contribution >= 4 is 32.6 Å². The van der Waals surface area contributed by atoms with Gasteiger partial charge in [-0.05, 0) is 27.8 Å². The molecule has 0 saturated heterocycles. The SMILES string of the molecule is CON(C)C(=O)C(CCCNPP)NP. The van der Waals surface area contributed by atoms with Gasteiger partial charge in [0.25, 0.3) is 5.91 Å². The smallest absolute Gasteiger partial charge is 0.263 e. The van der Waals surface area contributed by atoms with Gasteiger partial charge < -0.3 is 0 Å². The van der Waals surface area contributed by atoms with Crippen LogP contribution in [0.4, 0.5) is 0 Å². The van der Waals surface area contributed by atoms with Crippen molar-refractivity contribution in [3.63, 3.8) is 0 Å². The van der Waals surface area contributed by atoms with Crippen LogP contribution in [0.3, 0.4) is 0 Å². The summed E-state index contributed by atoms with van der Waals surface area (Å²) in [7, 11) is 8.77. The molecule has 0 aromatic heterocycles. The highest BCUT2D eigenvalue weighted by atomic mass is 32.0. The van der Waals surface area contributed by atoms with Gasteiger partial charge in [-0.2, -0.15) is 0 Å². The summed E-state index contributed by atoms with van der Waals surface area (Å²) in [5.74, 6) is -0.0548. The Labute approximate surface area is 97.6 Å². The van der Waals surface area contributed by atoms with E-state index >= 15 is 0 Å². The van der Waals surface area contributed by atoms with Crippen LogP contribution >= 0.6 is 26.7 Å². The highest BCUT2D eigenvalue weighted by Crippen LogP contribution is 2.13. The molecule has 0 aliphatic heterocycles. The predicted molar refractivity (Wildman–Crippen MR) is 71.7 cm³/mol. The third kappa shape index (κ3) is 6.73. The summed E-state index contributed by atoms with van der Waals surface area (Å²) < 4.78 is 0. The van der Waals surface area contributed by atoms with Crippen molar-refractivity contribution < 1.29 is 9.63 Å². The largest absolute Gasteiger partial charge is 0.295 e. The minimum Gasteiger partial charge on any atom is -0.295 e. The average Bonchev–Trinajstić information content (AvgIpc) is 2.27. The van der Waals surface area contributed by atoms with E-state index in [4.69, 9.17) is 4.84 Å². The second kappa shape index (κ2) is 9.84. The molecule has 0 bridgehead atoms. The van der Waals surface area contributed by atoms with Crippen molar-refractivity contribution in [1.82, 2.24) is 15.2 Å². The molecule has 0 heterocycles. The highest BCUT2D eigenvalue weighted by Gasteiger charge is 2.19. The molecular formula is C7H20N3O2P3. The zero-order chi connectivity index (χ0) is 11.7. The van der Waals surface area contributed by atoms with Crippen LogP contribution in [0, 0.1) is 0 Å². The minimum atomic E-state index is -0.199. The van der Waals surface area contributed by atoms with Gasteiger partial charge in [-0.3, -0.25) is 19.8 Å². The number of hydrogen-bond donors (Lipinski definition) is 2. The molecule has 0 aliphatic rings. The lowest BCUT2D eigenvalue weighted by Gasteiger charge is -2.21. The Bertz CT molecular complexity index is 185. The predicted octanol–water partition coefficient (Wildman–Crippen LogP) is 0.508. The van der Waals surface area contributed by atoms with Gasteiger partial charge in [0, 0.05) is 7.05 Å². The maximum atomic E-state index is 11.7. The number of hydrogen-bond acceptors (Lipinski definition) is 4. The molecule has 4 unspecified atom stereocenters. The van der Waals surface area contributed by atoms with E-state index in [1.807, 2.05) is 0 Å². The maximum Gasteiger partial charge on any atom is 0.263 e. The van der Waals surface area contributed by atoms with E-state index in [0.29, 0.717) is 8.42 Å². The molecule has 4 atom stereocenters. The van der Waals surface area contributed by atoms with Crippen molar-refractivity contribution in [2.75, 3.05) is 20.7 Å². The van der Waals surface area contributed by atoms with E-state index in [0.717, 1.165) is 19.4 Å². The lowest BCUT2D eigenvalue weighted by molar-refractivity contribution is -0.170. The number of likely N-dealkylation sites (N-methyl/N-ethyl adjacent to an activating group) is 1. The lowest BCUT2D eigenvalue weighted by Crippen LogP contribution is -2.41. The second-order valence-electron chi connectivity index (χ2n) is 2.95. The number of rotatable bonds is 8. The Morgan fingerprint density at radius 1 is 1.67 bits per heavy atom. The van der Waals surface area contributed by atoms with Gasteiger partial charge in [-0.15, -0.1) is 0 Å². The van der Waals surface area contributed by atoms with Gasteiger partial charge >= 0.3 is 0 Å². The van der Waals surface area contributed by atoms with Crippen LogP contribution in [0.2, 0.25) is 0 Å². The van der Waals surface area contributed by atoms with Gasteiger partial charge in [0.05, 0.1) is 13.2 Å².